The molecule has 0 aliphatic carbocycles. The lowest BCUT2D eigenvalue weighted by molar-refractivity contribution is 0.416. The first-order valence-corrected chi connectivity index (χ1v) is 6.99. The zero-order valence-electron chi connectivity index (χ0n) is 11.9. The van der Waals surface area contributed by atoms with Crippen molar-refractivity contribution in [3.05, 3.63) is 45.6 Å². The van der Waals surface area contributed by atoms with Crippen molar-refractivity contribution < 1.29 is 4.42 Å². The predicted molar refractivity (Wildman–Crippen MR) is 78.9 cm³/mol. The predicted octanol–water partition coefficient (Wildman–Crippen LogP) is 4.33. The molecule has 1 atom stereocenters. The summed E-state index contributed by atoms with van der Waals surface area (Å²) >= 11 is 4.92. The maximum absolute atomic E-state index is 5.39. The normalized spacial score (nSPS) is 12.9. The number of benzene rings is 1. The van der Waals surface area contributed by atoms with Gasteiger partial charge in [0.15, 0.2) is 0 Å². The van der Waals surface area contributed by atoms with E-state index < -0.39 is 0 Å². The van der Waals surface area contributed by atoms with Crippen LogP contribution in [0.15, 0.2) is 22.6 Å². The number of nitrogens with zero attached hydrogens (tertiary/aromatic N) is 1. The van der Waals surface area contributed by atoms with Gasteiger partial charge in [-0.3, -0.25) is 0 Å². The summed E-state index contributed by atoms with van der Waals surface area (Å²) in [7, 11) is 0. The molecule has 1 aromatic carbocycles. The van der Waals surface area contributed by atoms with Crippen LogP contribution in [0.5, 0.6) is 0 Å². The Morgan fingerprint density at radius 1 is 1.26 bits per heavy atom. The summed E-state index contributed by atoms with van der Waals surface area (Å²) in [5.41, 5.74) is 3.98. The summed E-state index contributed by atoms with van der Waals surface area (Å²) < 4.78 is 5.39. The second kappa shape index (κ2) is 5.70. The largest absolute Gasteiger partial charge is 0.414 e. The topological polar surface area (TPSA) is 41.8 Å². The van der Waals surface area contributed by atoms with Crippen molar-refractivity contribution in [1.82, 2.24) is 10.2 Å². The standard InChI is InChI=1S/C15H20N2OS/c1-9(2)13(8-14-16-17-15(19)18-14)12-6-5-10(3)11(4)7-12/h5-7,9,13H,8H2,1-4H3,(H,17,19). The van der Waals surface area contributed by atoms with Gasteiger partial charge in [-0.25, -0.2) is 5.10 Å². The van der Waals surface area contributed by atoms with Gasteiger partial charge in [-0.1, -0.05) is 32.0 Å². The van der Waals surface area contributed by atoms with Crippen LogP contribution >= 0.6 is 12.2 Å². The number of H-pyrrole nitrogens is 1. The molecule has 0 radical (unpaired) electrons. The molecule has 4 heteroatoms. The maximum Gasteiger partial charge on any atom is 0.284 e. The SMILES string of the molecule is Cc1ccc(C(Cc2n[nH]c(=S)o2)C(C)C)cc1C. The zero-order chi connectivity index (χ0) is 14.0. The Hall–Kier alpha value is -1.42. The highest BCUT2D eigenvalue weighted by molar-refractivity contribution is 7.71. The first kappa shape index (κ1) is 14.0. The summed E-state index contributed by atoms with van der Waals surface area (Å²) in [6.07, 6.45) is 0.771. The average molecular weight is 276 g/mol. The minimum Gasteiger partial charge on any atom is -0.414 e. The van der Waals surface area contributed by atoms with E-state index in [9.17, 15) is 0 Å². The fourth-order valence-electron chi connectivity index (χ4n) is 2.27. The molecule has 0 saturated heterocycles. The molecular weight excluding hydrogens is 256 g/mol. The van der Waals surface area contributed by atoms with Crippen LogP contribution in [0, 0.1) is 24.6 Å². The van der Waals surface area contributed by atoms with Crippen molar-refractivity contribution in [2.45, 2.75) is 40.0 Å². The van der Waals surface area contributed by atoms with Crippen LogP contribution in [-0.4, -0.2) is 10.2 Å². The highest BCUT2D eigenvalue weighted by Gasteiger charge is 2.19. The first-order valence-electron chi connectivity index (χ1n) is 6.59. The molecule has 0 spiro atoms. The Labute approximate surface area is 119 Å². The molecule has 1 unspecified atom stereocenters. The molecule has 0 bridgehead atoms. The van der Waals surface area contributed by atoms with E-state index >= 15 is 0 Å². The van der Waals surface area contributed by atoms with E-state index in [1.807, 2.05) is 0 Å². The van der Waals surface area contributed by atoms with Gasteiger partial charge in [-0.05, 0) is 54.6 Å². The van der Waals surface area contributed by atoms with Gasteiger partial charge in [-0.15, -0.1) is 5.10 Å². The number of nitrogens with one attached hydrogen (secondary N) is 1. The molecule has 2 rings (SSSR count). The third-order valence-corrected chi connectivity index (χ3v) is 3.82. The summed E-state index contributed by atoms with van der Waals surface area (Å²) in [6, 6.07) is 6.65. The number of hydrogen-bond acceptors (Lipinski definition) is 3. The Bertz CT molecular complexity index is 613. The first-order chi connectivity index (χ1) is 8.97. The van der Waals surface area contributed by atoms with Crippen molar-refractivity contribution in [3.63, 3.8) is 0 Å². The van der Waals surface area contributed by atoms with Crippen LogP contribution < -0.4 is 0 Å². The van der Waals surface area contributed by atoms with E-state index in [1.165, 1.54) is 16.7 Å². The number of aromatic amines is 1. The van der Waals surface area contributed by atoms with Crippen LogP contribution in [-0.2, 0) is 6.42 Å². The second-order valence-corrected chi connectivity index (χ2v) is 5.78. The van der Waals surface area contributed by atoms with Crippen LogP contribution in [0.25, 0.3) is 0 Å². The van der Waals surface area contributed by atoms with Crippen molar-refractivity contribution in [2.24, 2.45) is 5.92 Å². The molecule has 3 nitrogen and oxygen atoms in total. The van der Waals surface area contributed by atoms with E-state index in [2.05, 4.69) is 56.1 Å². The Balaban J connectivity index is 2.29. The number of rotatable bonds is 4. The highest BCUT2D eigenvalue weighted by Crippen LogP contribution is 2.29. The minimum atomic E-state index is 0.345. The van der Waals surface area contributed by atoms with Gasteiger partial charge in [0.2, 0.25) is 5.89 Å². The monoisotopic (exact) mass is 276 g/mol. The quantitative estimate of drug-likeness (QED) is 0.845. The van der Waals surface area contributed by atoms with E-state index in [-0.39, 0.29) is 0 Å². The van der Waals surface area contributed by atoms with Gasteiger partial charge < -0.3 is 4.42 Å². The molecule has 0 aliphatic heterocycles. The fourth-order valence-corrected chi connectivity index (χ4v) is 2.41. The number of aromatic nitrogens is 2. The van der Waals surface area contributed by atoms with Crippen LogP contribution in [0.3, 0.4) is 0 Å². The minimum absolute atomic E-state index is 0.345. The van der Waals surface area contributed by atoms with Crippen molar-refractivity contribution >= 4 is 12.2 Å². The van der Waals surface area contributed by atoms with E-state index in [4.69, 9.17) is 16.6 Å². The number of aryl methyl sites for hydroxylation is 2. The Kier molecular flexibility index (Phi) is 4.20. The van der Waals surface area contributed by atoms with E-state index in [0.717, 1.165) is 6.42 Å². The molecule has 0 aliphatic rings. The molecule has 0 amide bonds. The van der Waals surface area contributed by atoms with Crippen molar-refractivity contribution in [1.29, 1.82) is 0 Å². The molecule has 0 saturated carbocycles. The van der Waals surface area contributed by atoms with E-state index in [1.54, 1.807) is 0 Å². The summed E-state index contributed by atoms with van der Waals surface area (Å²) in [4.78, 5) is 0.345. The molecule has 2 aromatic rings. The molecule has 1 heterocycles. The van der Waals surface area contributed by atoms with Crippen molar-refractivity contribution in [3.8, 4) is 0 Å². The second-order valence-electron chi connectivity index (χ2n) is 5.41. The van der Waals surface area contributed by atoms with Gasteiger partial charge in [0, 0.05) is 6.42 Å². The van der Waals surface area contributed by atoms with Gasteiger partial charge in [-0.2, -0.15) is 0 Å². The van der Waals surface area contributed by atoms with Gasteiger partial charge in [0.25, 0.3) is 4.84 Å². The van der Waals surface area contributed by atoms with Crippen molar-refractivity contribution in [2.75, 3.05) is 0 Å². The van der Waals surface area contributed by atoms with Gasteiger partial charge in [0.1, 0.15) is 0 Å². The van der Waals surface area contributed by atoms with Crippen LogP contribution in [0.2, 0.25) is 0 Å². The molecule has 1 aromatic heterocycles. The lowest BCUT2D eigenvalue weighted by Gasteiger charge is -2.20. The Morgan fingerprint density at radius 2 is 2.00 bits per heavy atom. The zero-order valence-corrected chi connectivity index (χ0v) is 12.7. The third-order valence-electron chi connectivity index (χ3n) is 3.64. The smallest absolute Gasteiger partial charge is 0.284 e. The fraction of sp³-hybridized carbons (Fsp3) is 0.467. The van der Waals surface area contributed by atoms with E-state index in [0.29, 0.717) is 22.6 Å². The third kappa shape index (κ3) is 3.32. The molecule has 1 N–H and O–H groups in total. The average Bonchev–Trinajstić information content (AvgIpc) is 2.75. The van der Waals surface area contributed by atoms with Gasteiger partial charge in [0.05, 0.1) is 0 Å². The lowest BCUT2D eigenvalue weighted by atomic mass is 9.84. The van der Waals surface area contributed by atoms with Gasteiger partial charge >= 0.3 is 0 Å². The van der Waals surface area contributed by atoms with Crippen LogP contribution in [0.1, 0.15) is 42.3 Å². The molecule has 19 heavy (non-hydrogen) atoms. The highest BCUT2D eigenvalue weighted by atomic mass is 32.1. The van der Waals surface area contributed by atoms with Crippen LogP contribution in [0.4, 0.5) is 0 Å². The lowest BCUT2D eigenvalue weighted by Crippen LogP contribution is -2.11. The summed E-state index contributed by atoms with van der Waals surface area (Å²) in [6.45, 7) is 8.73. The summed E-state index contributed by atoms with van der Waals surface area (Å²) in [5, 5.41) is 6.79. The summed E-state index contributed by atoms with van der Waals surface area (Å²) in [5.74, 6) is 1.59. The molecular formula is C15H20N2OS. The number of hydrogen-bond donors (Lipinski definition) is 1. The molecule has 102 valence electrons. The Morgan fingerprint density at radius 3 is 2.53 bits per heavy atom. The molecule has 0 fully saturated rings. The maximum atomic E-state index is 5.39.